The molecule has 3 nitrogen and oxygen atoms in total. The van der Waals surface area contributed by atoms with Gasteiger partial charge >= 0.3 is 0 Å². The van der Waals surface area contributed by atoms with Crippen molar-refractivity contribution in [1.82, 2.24) is 4.98 Å². The summed E-state index contributed by atoms with van der Waals surface area (Å²) in [5.74, 6) is 0. The molecule has 1 saturated carbocycles. The molecule has 0 radical (unpaired) electrons. The van der Waals surface area contributed by atoms with Crippen molar-refractivity contribution >= 4 is 5.69 Å². The third-order valence-electron chi connectivity index (χ3n) is 3.24. The molecule has 0 amide bonds. The number of pyridine rings is 1. The molecule has 2 N–H and O–H groups in total. The summed E-state index contributed by atoms with van der Waals surface area (Å²) in [6, 6.07) is 4.90. The molecular formula is C14H21N3. The highest BCUT2D eigenvalue weighted by Crippen LogP contribution is 2.31. The fourth-order valence-corrected chi connectivity index (χ4v) is 1.99. The van der Waals surface area contributed by atoms with Gasteiger partial charge in [-0.2, -0.15) is 0 Å². The molecule has 17 heavy (non-hydrogen) atoms. The van der Waals surface area contributed by atoms with E-state index in [9.17, 15) is 0 Å². The van der Waals surface area contributed by atoms with Crippen molar-refractivity contribution in [2.75, 3.05) is 11.4 Å². The number of rotatable bonds is 6. The molecule has 1 fully saturated rings. The summed E-state index contributed by atoms with van der Waals surface area (Å²) in [4.78, 5) is 6.82. The molecule has 0 aromatic carbocycles. The standard InChI is InChI=1S/C14H21N3/c1-3-9-17(11-5-6-11)12-7-8-14(16-10-12)13(15)4-2/h3,7-8,10-11,13H,1,4-6,9,15H2,2H3/t13-/m0/s1. The zero-order valence-electron chi connectivity index (χ0n) is 10.5. The van der Waals surface area contributed by atoms with E-state index in [1.807, 2.05) is 18.3 Å². The van der Waals surface area contributed by atoms with E-state index in [-0.39, 0.29) is 6.04 Å². The fourth-order valence-electron chi connectivity index (χ4n) is 1.99. The van der Waals surface area contributed by atoms with E-state index in [0.29, 0.717) is 6.04 Å². The predicted molar refractivity (Wildman–Crippen MR) is 72.0 cm³/mol. The number of hydrogen-bond acceptors (Lipinski definition) is 3. The maximum atomic E-state index is 5.96. The SMILES string of the molecule is C=CCN(c1ccc([C@@H](N)CC)nc1)C1CC1. The maximum absolute atomic E-state index is 5.96. The quantitative estimate of drug-likeness (QED) is 0.765. The highest BCUT2D eigenvalue weighted by Gasteiger charge is 2.28. The minimum Gasteiger partial charge on any atom is -0.364 e. The van der Waals surface area contributed by atoms with Gasteiger partial charge in [0.1, 0.15) is 0 Å². The Morgan fingerprint density at radius 1 is 1.59 bits per heavy atom. The second kappa shape index (κ2) is 5.32. The van der Waals surface area contributed by atoms with Crippen molar-refractivity contribution in [2.45, 2.75) is 38.3 Å². The van der Waals surface area contributed by atoms with Crippen molar-refractivity contribution in [3.63, 3.8) is 0 Å². The Balaban J connectivity index is 2.12. The third-order valence-corrected chi connectivity index (χ3v) is 3.24. The van der Waals surface area contributed by atoms with E-state index in [4.69, 9.17) is 5.73 Å². The van der Waals surface area contributed by atoms with Crippen LogP contribution in [0.1, 0.15) is 37.9 Å². The Morgan fingerprint density at radius 3 is 2.82 bits per heavy atom. The highest BCUT2D eigenvalue weighted by atomic mass is 15.2. The van der Waals surface area contributed by atoms with Gasteiger partial charge in [0.25, 0.3) is 0 Å². The van der Waals surface area contributed by atoms with Crippen LogP contribution in [0.3, 0.4) is 0 Å². The average molecular weight is 231 g/mol. The van der Waals surface area contributed by atoms with Crippen molar-refractivity contribution < 1.29 is 0 Å². The lowest BCUT2D eigenvalue weighted by Crippen LogP contribution is -2.25. The first-order chi connectivity index (χ1) is 8.26. The molecule has 1 aromatic heterocycles. The van der Waals surface area contributed by atoms with Gasteiger partial charge in [-0.25, -0.2) is 0 Å². The monoisotopic (exact) mass is 231 g/mol. The lowest BCUT2D eigenvalue weighted by molar-refractivity contribution is 0.675. The van der Waals surface area contributed by atoms with Crippen molar-refractivity contribution in [1.29, 1.82) is 0 Å². The Kier molecular flexibility index (Phi) is 3.79. The van der Waals surface area contributed by atoms with Gasteiger partial charge in [0, 0.05) is 18.6 Å². The molecule has 0 spiro atoms. The van der Waals surface area contributed by atoms with Gasteiger partial charge in [-0.1, -0.05) is 13.0 Å². The van der Waals surface area contributed by atoms with Crippen LogP contribution in [-0.2, 0) is 0 Å². The number of aromatic nitrogens is 1. The molecule has 0 bridgehead atoms. The summed E-state index contributed by atoms with van der Waals surface area (Å²) >= 11 is 0. The Hall–Kier alpha value is -1.35. The molecule has 1 aliphatic carbocycles. The molecule has 0 aliphatic heterocycles. The highest BCUT2D eigenvalue weighted by molar-refractivity contribution is 5.48. The first kappa shape index (κ1) is 12.1. The zero-order valence-corrected chi connectivity index (χ0v) is 10.5. The summed E-state index contributed by atoms with van der Waals surface area (Å²) in [7, 11) is 0. The van der Waals surface area contributed by atoms with Gasteiger partial charge in [-0.3, -0.25) is 4.98 Å². The summed E-state index contributed by atoms with van der Waals surface area (Å²) in [5.41, 5.74) is 8.12. The lowest BCUT2D eigenvalue weighted by Gasteiger charge is -2.23. The largest absolute Gasteiger partial charge is 0.364 e. The molecule has 92 valence electrons. The molecule has 1 aliphatic rings. The second-order valence-corrected chi connectivity index (χ2v) is 4.63. The smallest absolute Gasteiger partial charge is 0.0572 e. The normalized spacial score (nSPS) is 16.6. The fraction of sp³-hybridized carbons (Fsp3) is 0.500. The van der Waals surface area contributed by atoms with Crippen molar-refractivity contribution in [3.8, 4) is 0 Å². The third kappa shape index (κ3) is 2.86. The number of anilines is 1. The van der Waals surface area contributed by atoms with E-state index in [0.717, 1.165) is 18.7 Å². The van der Waals surface area contributed by atoms with Crippen LogP contribution < -0.4 is 10.6 Å². The molecule has 1 aromatic rings. The molecular weight excluding hydrogens is 210 g/mol. The van der Waals surface area contributed by atoms with Crippen LogP contribution in [0.15, 0.2) is 31.0 Å². The number of nitrogens with zero attached hydrogens (tertiary/aromatic N) is 2. The van der Waals surface area contributed by atoms with Crippen molar-refractivity contribution in [3.05, 3.63) is 36.7 Å². The molecule has 0 saturated heterocycles. The topological polar surface area (TPSA) is 42.1 Å². The number of nitrogens with two attached hydrogens (primary N) is 1. The predicted octanol–water partition coefficient (Wildman–Crippen LogP) is 2.65. The molecule has 1 heterocycles. The minimum atomic E-state index is 0.0535. The van der Waals surface area contributed by atoms with Crippen molar-refractivity contribution in [2.24, 2.45) is 5.73 Å². The van der Waals surface area contributed by atoms with E-state index < -0.39 is 0 Å². The first-order valence-corrected chi connectivity index (χ1v) is 6.35. The van der Waals surface area contributed by atoms with Gasteiger partial charge in [0.15, 0.2) is 0 Å². The van der Waals surface area contributed by atoms with Gasteiger partial charge in [0.2, 0.25) is 0 Å². The Morgan fingerprint density at radius 2 is 2.35 bits per heavy atom. The zero-order chi connectivity index (χ0) is 12.3. The first-order valence-electron chi connectivity index (χ1n) is 6.35. The van der Waals surface area contributed by atoms with Gasteiger partial charge in [-0.15, -0.1) is 6.58 Å². The van der Waals surface area contributed by atoms with Crippen LogP contribution in [0.5, 0.6) is 0 Å². The van der Waals surface area contributed by atoms with Crippen LogP contribution in [0.4, 0.5) is 5.69 Å². The van der Waals surface area contributed by atoms with Gasteiger partial charge < -0.3 is 10.6 Å². The van der Waals surface area contributed by atoms with Crippen LogP contribution in [0.2, 0.25) is 0 Å². The summed E-state index contributed by atoms with van der Waals surface area (Å²) in [6.07, 6.45) is 7.37. The summed E-state index contributed by atoms with van der Waals surface area (Å²) in [6.45, 7) is 6.79. The summed E-state index contributed by atoms with van der Waals surface area (Å²) in [5, 5.41) is 0. The van der Waals surface area contributed by atoms with E-state index in [2.05, 4.69) is 29.5 Å². The van der Waals surface area contributed by atoms with Crippen LogP contribution in [0, 0.1) is 0 Å². The molecule has 3 heteroatoms. The van der Waals surface area contributed by atoms with E-state index in [1.54, 1.807) is 0 Å². The Bertz CT molecular complexity index is 368. The molecule has 2 rings (SSSR count). The average Bonchev–Trinajstić information content (AvgIpc) is 3.19. The minimum absolute atomic E-state index is 0.0535. The maximum Gasteiger partial charge on any atom is 0.0572 e. The Labute approximate surface area is 103 Å². The second-order valence-electron chi connectivity index (χ2n) is 4.63. The van der Waals surface area contributed by atoms with Gasteiger partial charge in [0.05, 0.1) is 17.6 Å². The molecule has 0 unspecified atom stereocenters. The number of hydrogen-bond donors (Lipinski definition) is 1. The van der Waals surface area contributed by atoms with E-state index in [1.165, 1.54) is 18.5 Å². The van der Waals surface area contributed by atoms with E-state index >= 15 is 0 Å². The van der Waals surface area contributed by atoms with Gasteiger partial charge in [-0.05, 0) is 31.4 Å². The van der Waals surface area contributed by atoms with Crippen LogP contribution in [-0.4, -0.2) is 17.6 Å². The molecule has 1 atom stereocenters. The summed E-state index contributed by atoms with van der Waals surface area (Å²) < 4.78 is 0. The van der Waals surface area contributed by atoms with Crippen LogP contribution in [0.25, 0.3) is 0 Å². The lowest BCUT2D eigenvalue weighted by atomic mass is 10.1. The van der Waals surface area contributed by atoms with Crippen LogP contribution >= 0.6 is 0 Å².